The van der Waals surface area contributed by atoms with Gasteiger partial charge in [-0.1, -0.05) is 6.07 Å². The third kappa shape index (κ3) is 3.21. The standard InChI is InChI=1S/C20H23N3O3S/c1-21-11-18(24)23(16-6-9-27-12-16)14-20(21)7-8-22(13-20)19(25)15-4-3-5-17(10-15)26-2/h3-6,9-10,12H,7-8,11,13-14H2,1-2H3/t20-/m0/s1. The van der Waals surface area contributed by atoms with Gasteiger partial charge in [0.25, 0.3) is 5.91 Å². The molecule has 0 radical (unpaired) electrons. The lowest BCUT2D eigenvalue weighted by Crippen LogP contribution is -2.64. The number of amides is 2. The summed E-state index contributed by atoms with van der Waals surface area (Å²) in [5.74, 6) is 0.802. The van der Waals surface area contributed by atoms with Crippen LogP contribution >= 0.6 is 11.3 Å². The van der Waals surface area contributed by atoms with Crippen molar-refractivity contribution >= 4 is 28.8 Å². The molecule has 0 bridgehead atoms. The number of rotatable bonds is 3. The van der Waals surface area contributed by atoms with Crippen LogP contribution in [0.4, 0.5) is 5.69 Å². The van der Waals surface area contributed by atoms with E-state index in [1.54, 1.807) is 24.5 Å². The summed E-state index contributed by atoms with van der Waals surface area (Å²) >= 11 is 1.59. The van der Waals surface area contributed by atoms with Gasteiger partial charge in [0.05, 0.1) is 24.9 Å². The molecule has 142 valence electrons. The molecule has 2 aliphatic heterocycles. The minimum absolute atomic E-state index is 0.0122. The molecular formula is C20H23N3O3S. The summed E-state index contributed by atoms with van der Waals surface area (Å²) in [7, 11) is 3.59. The third-order valence-electron chi connectivity index (χ3n) is 5.69. The van der Waals surface area contributed by atoms with Crippen molar-refractivity contribution in [2.45, 2.75) is 12.0 Å². The molecule has 2 fully saturated rings. The Hall–Kier alpha value is -2.38. The van der Waals surface area contributed by atoms with E-state index in [0.717, 1.165) is 12.1 Å². The molecule has 3 heterocycles. The van der Waals surface area contributed by atoms with E-state index in [4.69, 9.17) is 4.74 Å². The van der Waals surface area contributed by atoms with Crippen LogP contribution < -0.4 is 9.64 Å². The average Bonchev–Trinajstić information content (AvgIpc) is 3.35. The molecule has 27 heavy (non-hydrogen) atoms. The first kappa shape index (κ1) is 18.0. The average molecular weight is 385 g/mol. The Morgan fingerprint density at radius 3 is 2.85 bits per heavy atom. The summed E-state index contributed by atoms with van der Waals surface area (Å²) in [6.45, 7) is 2.29. The Morgan fingerprint density at radius 2 is 2.11 bits per heavy atom. The lowest BCUT2D eigenvalue weighted by molar-refractivity contribution is -0.123. The highest BCUT2D eigenvalue weighted by atomic mass is 32.1. The predicted octanol–water partition coefficient (Wildman–Crippen LogP) is 2.32. The van der Waals surface area contributed by atoms with Gasteiger partial charge in [-0.2, -0.15) is 11.3 Å². The second-order valence-corrected chi connectivity index (χ2v) is 8.03. The smallest absolute Gasteiger partial charge is 0.254 e. The van der Waals surface area contributed by atoms with Gasteiger partial charge < -0.3 is 14.5 Å². The number of likely N-dealkylation sites (tertiary alicyclic amines) is 1. The van der Waals surface area contributed by atoms with Gasteiger partial charge >= 0.3 is 0 Å². The quantitative estimate of drug-likeness (QED) is 0.814. The fourth-order valence-corrected chi connectivity index (χ4v) is 4.66. The molecule has 2 saturated heterocycles. The number of ether oxygens (including phenoxy) is 1. The number of hydrogen-bond donors (Lipinski definition) is 0. The number of carbonyl (C=O) groups excluding carboxylic acids is 2. The molecule has 7 heteroatoms. The third-order valence-corrected chi connectivity index (χ3v) is 6.36. The van der Waals surface area contributed by atoms with Gasteiger partial charge in [-0.3, -0.25) is 14.5 Å². The molecule has 1 atom stereocenters. The van der Waals surface area contributed by atoms with E-state index < -0.39 is 0 Å². The van der Waals surface area contributed by atoms with Crippen molar-refractivity contribution in [1.82, 2.24) is 9.80 Å². The number of anilines is 1. The summed E-state index contributed by atoms with van der Waals surface area (Å²) < 4.78 is 5.24. The Balaban J connectivity index is 1.54. The zero-order valence-corrected chi connectivity index (χ0v) is 16.4. The van der Waals surface area contributed by atoms with Crippen LogP contribution in [0, 0.1) is 0 Å². The first-order valence-corrected chi connectivity index (χ1v) is 9.94. The number of methoxy groups -OCH3 is 1. The Morgan fingerprint density at radius 1 is 1.26 bits per heavy atom. The maximum atomic E-state index is 13.0. The van der Waals surface area contributed by atoms with Crippen molar-refractivity contribution in [2.75, 3.05) is 45.2 Å². The fraction of sp³-hybridized carbons (Fsp3) is 0.400. The van der Waals surface area contributed by atoms with Gasteiger partial charge in [0.1, 0.15) is 5.75 Å². The van der Waals surface area contributed by atoms with Crippen LogP contribution in [-0.4, -0.2) is 67.5 Å². The Bertz CT molecular complexity index is 854. The SMILES string of the molecule is COc1cccc(C(=O)N2CC[C@]3(C2)CN(c2ccsc2)C(=O)CN3C)c1. The second kappa shape index (κ2) is 6.98. The molecule has 6 nitrogen and oxygen atoms in total. The molecule has 2 aliphatic rings. The molecular weight excluding hydrogens is 362 g/mol. The minimum Gasteiger partial charge on any atom is -0.497 e. The van der Waals surface area contributed by atoms with Gasteiger partial charge in [-0.15, -0.1) is 0 Å². The van der Waals surface area contributed by atoms with E-state index in [-0.39, 0.29) is 17.4 Å². The first-order valence-electron chi connectivity index (χ1n) is 8.99. The number of likely N-dealkylation sites (N-methyl/N-ethyl adjacent to an activating group) is 1. The summed E-state index contributed by atoms with van der Waals surface area (Å²) in [6.07, 6.45) is 0.854. The van der Waals surface area contributed by atoms with E-state index in [0.29, 0.717) is 37.5 Å². The lowest BCUT2D eigenvalue weighted by Gasteiger charge is -2.46. The van der Waals surface area contributed by atoms with Gasteiger partial charge in [0, 0.05) is 30.6 Å². The fourth-order valence-electron chi connectivity index (χ4n) is 4.01. The van der Waals surface area contributed by atoms with Crippen molar-refractivity contribution in [3.05, 3.63) is 46.7 Å². The minimum atomic E-state index is -0.204. The lowest BCUT2D eigenvalue weighted by atomic mass is 9.93. The molecule has 1 aromatic heterocycles. The largest absolute Gasteiger partial charge is 0.497 e. The summed E-state index contributed by atoms with van der Waals surface area (Å²) in [6, 6.07) is 9.25. The van der Waals surface area contributed by atoms with Gasteiger partial charge in [0.15, 0.2) is 0 Å². The molecule has 0 aliphatic carbocycles. The maximum Gasteiger partial charge on any atom is 0.254 e. The number of piperazine rings is 1. The van der Waals surface area contributed by atoms with Crippen molar-refractivity contribution < 1.29 is 14.3 Å². The van der Waals surface area contributed by atoms with Crippen molar-refractivity contribution in [2.24, 2.45) is 0 Å². The van der Waals surface area contributed by atoms with E-state index in [9.17, 15) is 9.59 Å². The normalized spacial score (nSPS) is 23.3. The summed E-state index contributed by atoms with van der Waals surface area (Å²) in [5, 5.41) is 3.99. The number of thiophene rings is 1. The van der Waals surface area contributed by atoms with Crippen molar-refractivity contribution in [3.63, 3.8) is 0 Å². The van der Waals surface area contributed by atoms with Crippen LogP contribution in [0.2, 0.25) is 0 Å². The van der Waals surface area contributed by atoms with E-state index in [1.807, 2.05) is 51.9 Å². The van der Waals surface area contributed by atoms with E-state index >= 15 is 0 Å². The number of hydrogen-bond acceptors (Lipinski definition) is 5. The van der Waals surface area contributed by atoms with Crippen molar-refractivity contribution in [3.8, 4) is 5.75 Å². The first-order chi connectivity index (χ1) is 13.0. The summed E-state index contributed by atoms with van der Waals surface area (Å²) in [4.78, 5) is 31.4. The molecule has 1 spiro atoms. The highest BCUT2D eigenvalue weighted by Crippen LogP contribution is 2.34. The highest BCUT2D eigenvalue weighted by molar-refractivity contribution is 7.08. The van der Waals surface area contributed by atoms with Crippen LogP contribution in [0.1, 0.15) is 16.8 Å². The van der Waals surface area contributed by atoms with Crippen LogP contribution in [0.25, 0.3) is 0 Å². The maximum absolute atomic E-state index is 13.0. The Labute approximate surface area is 162 Å². The molecule has 0 unspecified atom stereocenters. The number of nitrogens with zero attached hydrogens (tertiary/aromatic N) is 3. The zero-order valence-electron chi connectivity index (χ0n) is 15.6. The monoisotopic (exact) mass is 385 g/mol. The van der Waals surface area contributed by atoms with Crippen LogP contribution in [0.15, 0.2) is 41.1 Å². The molecule has 2 amide bonds. The number of benzene rings is 1. The van der Waals surface area contributed by atoms with Crippen LogP contribution in [0.5, 0.6) is 5.75 Å². The molecule has 1 aromatic carbocycles. The topological polar surface area (TPSA) is 53.1 Å². The summed E-state index contributed by atoms with van der Waals surface area (Å²) in [5.41, 5.74) is 1.38. The molecule has 0 saturated carbocycles. The zero-order chi connectivity index (χ0) is 19.0. The molecule has 4 rings (SSSR count). The second-order valence-electron chi connectivity index (χ2n) is 7.25. The molecule has 0 N–H and O–H groups in total. The van der Waals surface area contributed by atoms with Gasteiger partial charge in [-0.25, -0.2) is 0 Å². The predicted molar refractivity (Wildman–Crippen MR) is 106 cm³/mol. The van der Waals surface area contributed by atoms with Gasteiger partial charge in [-0.05, 0) is 43.1 Å². The molecule has 2 aromatic rings. The van der Waals surface area contributed by atoms with Crippen molar-refractivity contribution in [1.29, 1.82) is 0 Å². The highest BCUT2D eigenvalue weighted by Gasteiger charge is 2.48. The Kier molecular flexibility index (Phi) is 4.65. The van der Waals surface area contributed by atoms with Gasteiger partial charge in [0.2, 0.25) is 5.91 Å². The van der Waals surface area contributed by atoms with Crippen LogP contribution in [-0.2, 0) is 4.79 Å². The van der Waals surface area contributed by atoms with E-state index in [1.165, 1.54) is 0 Å². The van der Waals surface area contributed by atoms with Crippen LogP contribution in [0.3, 0.4) is 0 Å². The number of carbonyl (C=O) groups is 2. The van der Waals surface area contributed by atoms with E-state index in [2.05, 4.69) is 4.90 Å².